The molecule has 4 heteroatoms. The summed E-state index contributed by atoms with van der Waals surface area (Å²) < 4.78 is 0. The van der Waals surface area contributed by atoms with E-state index in [1.807, 2.05) is 6.92 Å². The molecule has 0 radical (unpaired) electrons. The summed E-state index contributed by atoms with van der Waals surface area (Å²) in [5, 5.41) is 9.21. The quantitative estimate of drug-likeness (QED) is 0.759. The molecular weight excluding hydrogens is 202 g/mol. The largest absolute Gasteiger partial charge is 0.481 e. The molecule has 76 valence electrons. The van der Waals surface area contributed by atoms with Crippen molar-refractivity contribution in [3.05, 3.63) is 28.8 Å². The minimum Gasteiger partial charge on any atom is -0.481 e. The van der Waals surface area contributed by atoms with E-state index in [2.05, 4.69) is 0 Å². The lowest BCUT2D eigenvalue weighted by atomic mass is 9.96. The van der Waals surface area contributed by atoms with Gasteiger partial charge in [-0.05, 0) is 29.7 Å². The van der Waals surface area contributed by atoms with Crippen LogP contribution in [0.3, 0.4) is 0 Å². The second-order valence-electron chi connectivity index (χ2n) is 3.27. The van der Waals surface area contributed by atoms with Gasteiger partial charge < -0.3 is 10.8 Å². The zero-order valence-electron chi connectivity index (χ0n) is 7.83. The molecule has 3 nitrogen and oxygen atoms in total. The number of halogens is 1. The number of hydrogen-bond donors (Lipinski definition) is 2. The van der Waals surface area contributed by atoms with Crippen LogP contribution in [0.15, 0.2) is 18.2 Å². The van der Waals surface area contributed by atoms with Gasteiger partial charge in [0.25, 0.3) is 0 Å². The average molecular weight is 214 g/mol. The Bertz CT molecular complexity index is 352. The number of nitrogen functional groups attached to an aromatic ring is 1. The van der Waals surface area contributed by atoms with Gasteiger partial charge in [-0.2, -0.15) is 0 Å². The first-order valence-electron chi connectivity index (χ1n) is 4.27. The van der Waals surface area contributed by atoms with E-state index in [1.54, 1.807) is 18.2 Å². The number of carbonyl (C=O) groups is 1. The van der Waals surface area contributed by atoms with E-state index in [4.69, 9.17) is 22.4 Å². The highest BCUT2D eigenvalue weighted by molar-refractivity contribution is 6.30. The molecule has 3 N–H and O–H groups in total. The second kappa shape index (κ2) is 4.33. The van der Waals surface area contributed by atoms with Crippen molar-refractivity contribution in [1.82, 2.24) is 0 Å². The number of hydrogen-bond acceptors (Lipinski definition) is 2. The Morgan fingerprint density at radius 2 is 2.29 bits per heavy atom. The van der Waals surface area contributed by atoms with Crippen molar-refractivity contribution in [3.63, 3.8) is 0 Å². The number of anilines is 1. The van der Waals surface area contributed by atoms with Gasteiger partial charge in [-0.1, -0.05) is 18.5 Å². The Morgan fingerprint density at radius 1 is 1.64 bits per heavy atom. The van der Waals surface area contributed by atoms with Crippen molar-refractivity contribution < 1.29 is 9.90 Å². The van der Waals surface area contributed by atoms with Crippen molar-refractivity contribution >= 4 is 23.3 Å². The molecule has 0 aliphatic heterocycles. The number of carboxylic acids is 1. The van der Waals surface area contributed by atoms with Crippen LogP contribution in [0.1, 0.15) is 24.8 Å². The summed E-state index contributed by atoms with van der Waals surface area (Å²) in [6.07, 6.45) is 0.0601. The Hall–Kier alpha value is -1.22. The van der Waals surface area contributed by atoms with Crippen LogP contribution in [0, 0.1) is 0 Å². The van der Waals surface area contributed by atoms with Gasteiger partial charge in [0.1, 0.15) is 0 Å². The number of benzene rings is 1. The standard InChI is InChI=1S/C10H12ClNO2/c1-6(4-10(13)14)8-5-7(11)2-3-9(8)12/h2-3,5-6H,4,12H2,1H3,(H,13,14). The van der Waals surface area contributed by atoms with E-state index in [9.17, 15) is 4.79 Å². The van der Waals surface area contributed by atoms with Crippen LogP contribution in [0.5, 0.6) is 0 Å². The van der Waals surface area contributed by atoms with Crippen LogP contribution in [0.4, 0.5) is 5.69 Å². The molecule has 0 saturated heterocycles. The van der Waals surface area contributed by atoms with E-state index in [0.29, 0.717) is 10.7 Å². The monoisotopic (exact) mass is 213 g/mol. The number of rotatable bonds is 3. The van der Waals surface area contributed by atoms with Crippen molar-refractivity contribution in [3.8, 4) is 0 Å². The molecule has 0 saturated carbocycles. The molecule has 0 bridgehead atoms. The molecule has 0 amide bonds. The summed E-state index contributed by atoms with van der Waals surface area (Å²) in [6, 6.07) is 5.09. The molecule has 0 aromatic heterocycles. The molecule has 0 spiro atoms. The van der Waals surface area contributed by atoms with E-state index in [0.717, 1.165) is 5.56 Å². The predicted octanol–water partition coefficient (Wildman–Crippen LogP) is 2.50. The average Bonchev–Trinajstić information content (AvgIpc) is 2.08. The molecule has 1 rings (SSSR count). The van der Waals surface area contributed by atoms with Crippen LogP contribution in [-0.2, 0) is 4.79 Å². The van der Waals surface area contributed by atoms with Gasteiger partial charge in [0.05, 0.1) is 6.42 Å². The van der Waals surface area contributed by atoms with Gasteiger partial charge >= 0.3 is 5.97 Å². The molecule has 0 heterocycles. The van der Waals surface area contributed by atoms with E-state index in [-0.39, 0.29) is 12.3 Å². The molecule has 1 aromatic carbocycles. The Kier molecular flexibility index (Phi) is 3.36. The summed E-state index contributed by atoms with van der Waals surface area (Å²) in [6.45, 7) is 1.82. The third-order valence-corrected chi connectivity index (χ3v) is 2.30. The third-order valence-electron chi connectivity index (χ3n) is 2.06. The van der Waals surface area contributed by atoms with Gasteiger partial charge in [0.2, 0.25) is 0 Å². The number of carboxylic acid groups (broad SMARTS) is 1. The van der Waals surface area contributed by atoms with Gasteiger partial charge in [-0.25, -0.2) is 0 Å². The summed E-state index contributed by atoms with van der Waals surface area (Å²) in [5.74, 6) is -0.955. The predicted molar refractivity (Wildman–Crippen MR) is 56.5 cm³/mol. The molecule has 1 atom stereocenters. The fourth-order valence-electron chi connectivity index (χ4n) is 1.34. The first kappa shape index (κ1) is 10.9. The maximum atomic E-state index is 10.5. The summed E-state index contributed by atoms with van der Waals surface area (Å²) in [7, 11) is 0. The minimum absolute atomic E-state index is 0.0601. The Labute approximate surface area is 87.5 Å². The summed E-state index contributed by atoms with van der Waals surface area (Å²) in [4.78, 5) is 10.5. The molecular formula is C10H12ClNO2. The van der Waals surface area contributed by atoms with E-state index < -0.39 is 5.97 Å². The smallest absolute Gasteiger partial charge is 0.303 e. The number of aliphatic carboxylic acids is 1. The molecule has 1 unspecified atom stereocenters. The van der Waals surface area contributed by atoms with Crippen molar-refractivity contribution in [2.75, 3.05) is 5.73 Å². The Balaban J connectivity index is 2.93. The molecule has 1 aromatic rings. The molecule has 14 heavy (non-hydrogen) atoms. The van der Waals surface area contributed by atoms with Crippen LogP contribution >= 0.6 is 11.6 Å². The maximum absolute atomic E-state index is 10.5. The van der Waals surface area contributed by atoms with Crippen LogP contribution < -0.4 is 5.73 Å². The third kappa shape index (κ3) is 2.64. The zero-order chi connectivity index (χ0) is 10.7. The van der Waals surface area contributed by atoms with E-state index >= 15 is 0 Å². The lowest BCUT2D eigenvalue weighted by molar-refractivity contribution is -0.137. The van der Waals surface area contributed by atoms with Crippen LogP contribution in [0.2, 0.25) is 5.02 Å². The lowest BCUT2D eigenvalue weighted by Crippen LogP contribution is -2.05. The minimum atomic E-state index is -0.836. The van der Waals surface area contributed by atoms with Crippen molar-refractivity contribution in [2.45, 2.75) is 19.3 Å². The number of nitrogens with two attached hydrogens (primary N) is 1. The second-order valence-corrected chi connectivity index (χ2v) is 3.71. The van der Waals surface area contributed by atoms with Gasteiger partial charge in [0, 0.05) is 10.7 Å². The SMILES string of the molecule is CC(CC(=O)O)c1cc(Cl)ccc1N. The highest BCUT2D eigenvalue weighted by atomic mass is 35.5. The zero-order valence-corrected chi connectivity index (χ0v) is 8.58. The highest BCUT2D eigenvalue weighted by Crippen LogP contribution is 2.27. The van der Waals surface area contributed by atoms with Crippen LogP contribution in [-0.4, -0.2) is 11.1 Å². The van der Waals surface area contributed by atoms with Gasteiger partial charge in [-0.3, -0.25) is 4.79 Å². The molecule has 0 aliphatic carbocycles. The fraction of sp³-hybridized carbons (Fsp3) is 0.300. The molecule has 0 aliphatic rings. The van der Waals surface area contributed by atoms with Gasteiger partial charge in [-0.15, -0.1) is 0 Å². The molecule has 0 fully saturated rings. The lowest BCUT2D eigenvalue weighted by Gasteiger charge is -2.12. The van der Waals surface area contributed by atoms with Crippen LogP contribution in [0.25, 0.3) is 0 Å². The van der Waals surface area contributed by atoms with Gasteiger partial charge in [0.15, 0.2) is 0 Å². The summed E-state index contributed by atoms with van der Waals surface area (Å²) >= 11 is 5.79. The highest BCUT2D eigenvalue weighted by Gasteiger charge is 2.13. The van der Waals surface area contributed by atoms with Crippen molar-refractivity contribution in [2.24, 2.45) is 0 Å². The fourth-order valence-corrected chi connectivity index (χ4v) is 1.52. The first-order chi connectivity index (χ1) is 6.50. The van der Waals surface area contributed by atoms with E-state index in [1.165, 1.54) is 0 Å². The maximum Gasteiger partial charge on any atom is 0.303 e. The van der Waals surface area contributed by atoms with Crippen molar-refractivity contribution in [1.29, 1.82) is 0 Å². The Morgan fingerprint density at radius 3 is 2.86 bits per heavy atom. The summed E-state index contributed by atoms with van der Waals surface area (Å²) in [5.41, 5.74) is 7.09. The normalized spacial score (nSPS) is 12.4. The first-order valence-corrected chi connectivity index (χ1v) is 4.65. The topological polar surface area (TPSA) is 63.3 Å².